The van der Waals surface area contributed by atoms with Crippen LogP contribution in [0.1, 0.15) is 62.4 Å². The minimum atomic E-state index is -0.337. The van der Waals surface area contributed by atoms with Gasteiger partial charge in [-0.2, -0.15) is 0 Å². The molecule has 0 bridgehead atoms. The highest BCUT2D eigenvalue weighted by molar-refractivity contribution is 5.97. The molecule has 34 heavy (non-hydrogen) atoms. The molecule has 1 N–H and O–H groups in total. The Labute approximate surface area is 203 Å². The van der Waals surface area contributed by atoms with E-state index in [0.29, 0.717) is 25.1 Å². The minimum absolute atomic E-state index is 0.0551. The molecule has 0 radical (unpaired) electrons. The van der Waals surface area contributed by atoms with Crippen LogP contribution in [0.3, 0.4) is 0 Å². The molecule has 0 spiro atoms. The number of hydrogen-bond donors (Lipinski definition) is 1. The molecule has 2 aliphatic heterocycles. The van der Waals surface area contributed by atoms with Crippen LogP contribution >= 0.6 is 0 Å². The van der Waals surface area contributed by atoms with Crippen molar-refractivity contribution < 1.29 is 19.4 Å². The fourth-order valence-corrected chi connectivity index (χ4v) is 4.62. The number of aliphatic hydroxyl groups excluding tert-OH is 1. The Morgan fingerprint density at radius 2 is 2.09 bits per heavy atom. The van der Waals surface area contributed by atoms with Crippen molar-refractivity contribution in [3.63, 3.8) is 0 Å². The highest BCUT2D eigenvalue weighted by atomic mass is 16.5. The van der Waals surface area contributed by atoms with Gasteiger partial charge in [0.25, 0.3) is 5.91 Å². The second kappa shape index (κ2) is 12.3. The third kappa shape index (κ3) is 6.57. The van der Waals surface area contributed by atoms with E-state index >= 15 is 0 Å². The van der Waals surface area contributed by atoms with Gasteiger partial charge < -0.3 is 24.5 Å². The quantitative estimate of drug-likeness (QED) is 0.626. The third-order valence-corrected chi connectivity index (χ3v) is 6.87. The summed E-state index contributed by atoms with van der Waals surface area (Å²) < 4.78 is 6.28. The average Bonchev–Trinajstić information content (AvgIpc) is 2.85. The largest absolute Gasteiger partial charge is 0.472 e. The van der Waals surface area contributed by atoms with Gasteiger partial charge in [-0.15, -0.1) is 0 Å². The number of likely N-dealkylation sites (tertiary alicyclic amines) is 1. The van der Waals surface area contributed by atoms with Gasteiger partial charge in [-0.05, 0) is 51.4 Å². The molecular formula is C26H40N4O4. The number of ether oxygens (including phenoxy) is 1. The number of allylic oxidation sites excluding steroid dienone is 1. The van der Waals surface area contributed by atoms with Gasteiger partial charge in [0.05, 0.1) is 19.2 Å². The molecule has 3 rings (SSSR count). The summed E-state index contributed by atoms with van der Waals surface area (Å²) >= 11 is 0. The van der Waals surface area contributed by atoms with Crippen molar-refractivity contribution in [1.82, 2.24) is 19.7 Å². The molecule has 0 aliphatic carbocycles. The van der Waals surface area contributed by atoms with Gasteiger partial charge in [0, 0.05) is 38.7 Å². The third-order valence-electron chi connectivity index (χ3n) is 6.87. The number of pyridine rings is 1. The summed E-state index contributed by atoms with van der Waals surface area (Å²) in [5.41, 5.74) is 1.19. The molecule has 2 amide bonds. The molecule has 3 heterocycles. The highest BCUT2D eigenvalue weighted by Gasteiger charge is 2.34. The van der Waals surface area contributed by atoms with Crippen LogP contribution in [-0.2, 0) is 4.79 Å². The maximum Gasteiger partial charge on any atom is 0.259 e. The number of likely N-dealkylation sites (N-methyl/N-ethyl adjacent to an activating group) is 1. The zero-order valence-electron chi connectivity index (χ0n) is 21.1. The minimum Gasteiger partial charge on any atom is -0.472 e. The van der Waals surface area contributed by atoms with Crippen LogP contribution in [-0.4, -0.2) is 95.1 Å². The van der Waals surface area contributed by atoms with Crippen molar-refractivity contribution in [2.24, 2.45) is 5.92 Å². The number of nitrogens with zero attached hydrogens (tertiary/aromatic N) is 4. The predicted molar refractivity (Wildman–Crippen MR) is 133 cm³/mol. The number of aromatic nitrogens is 1. The number of piperidine rings is 1. The Bertz CT molecular complexity index is 868. The maximum atomic E-state index is 13.4. The fraction of sp³-hybridized carbons (Fsp3) is 0.654. The van der Waals surface area contributed by atoms with Crippen LogP contribution in [0.25, 0.3) is 6.08 Å². The number of carbonyl (C=O) groups excluding carboxylic acids is 2. The van der Waals surface area contributed by atoms with E-state index < -0.39 is 0 Å². The van der Waals surface area contributed by atoms with Crippen LogP contribution < -0.4 is 4.74 Å². The Hall–Kier alpha value is -2.45. The number of aliphatic hydroxyl groups is 1. The molecule has 8 nitrogen and oxygen atoms in total. The van der Waals surface area contributed by atoms with Crippen molar-refractivity contribution in [3.8, 4) is 5.88 Å². The molecule has 1 aromatic heterocycles. The first-order valence-electron chi connectivity index (χ1n) is 12.5. The molecule has 1 saturated heterocycles. The van der Waals surface area contributed by atoms with E-state index in [9.17, 15) is 14.7 Å². The van der Waals surface area contributed by atoms with Gasteiger partial charge in [0.2, 0.25) is 11.8 Å². The Kier molecular flexibility index (Phi) is 9.47. The SMILES string of the molecule is C/C=C/c1cnc2c(c1)C(=O)N([C@@H](C)CO)C[C@H](C)[C@@H](CN(C)C(=O)CCN1CCCCC1)O2. The van der Waals surface area contributed by atoms with Gasteiger partial charge >= 0.3 is 0 Å². The van der Waals surface area contributed by atoms with E-state index in [2.05, 4.69) is 9.88 Å². The number of rotatable bonds is 8. The second-order valence-electron chi connectivity index (χ2n) is 9.67. The van der Waals surface area contributed by atoms with E-state index in [4.69, 9.17) is 4.74 Å². The predicted octanol–water partition coefficient (Wildman–Crippen LogP) is 2.67. The maximum absolute atomic E-state index is 13.4. The second-order valence-corrected chi connectivity index (χ2v) is 9.67. The lowest BCUT2D eigenvalue weighted by Gasteiger charge is -2.37. The first kappa shape index (κ1) is 26.2. The van der Waals surface area contributed by atoms with E-state index in [1.807, 2.05) is 40.0 Å². The lowest BCUT2D eigenvalue weighted by molar-refractivity contribution is -0.131. The van der Waals surface area contributed by atoms with Crippen LogP contribution in [0.5, 0.6) is 5.88 Å². The van der Waals surface area contributed by atoms with Gasteiger partial charge in [-0.1, -0.05) is 25.5 Å². The van der Waals surface area contributed by atoms with Gasteiger partial charge in [0.15, 0.2) is 0 Å². The summed E-state index contributed by atoms with van der Waals surface area (Å²) in [5, 5.41) is 9.78. The molecule has 2 aliphatic rings. The molecule has 188 valence electrons. The molecule has 0 aromatic carbocycles. The molecular weight excluding hydrogens is 432 g/mol. The number of amides is 2. The standard InChI is InChI=1S/C26H40N4O4/c1-5-9-21-14-22-25(27-15-21)34-23(19(2)16-30(26(22)33)20(3)18-31)17-28(4)24(32)10-13-29-11-7-6-8-12-29/h5,9,14-15,19-20,23,31H,6-8,10-13,16-18H2,1-4H3/b9-5+/t19-,20-,23+/m0/s1. The summed E-state index contributed by atoms with van der Waals surface area (Å²) in [4.78, 5) is 36.5. The molecule has 1 aromatic rings. The molecule has 8 heteroatoms. The average molecular weight is 473 g/mol. The zero-order valence-corrected chi connectivity index (χ0v) is 21.1. The van der Waals surface area contributed by atoms with Crippen molar-refractivity contribution in [2.75, 3.05) is 46.4 Å². The van der Waals surface area contributed by atoms with Crippen LogP contribution in [0.15, 0.2) is 18.3 Å². The molecule has 3 atom stereocenters. The molecule has 1 fully saturated rings. The summed E-state index contributed by atoms with van der Waals surface area (Å²) in [6.45, 7) is 9.40. The van der Waals surface area contributed by atoms with Crippen molar-refractivity contribution >= 4 is 17.9 Å². The van der Waals surface area contributed by atoms with Crippen molar-refractivity contribution in [2.45, 2.75) is 58.6 Å². The highest BCUT2D eigenvalue weighted by Crippen LogP contribution is 2.27. The van der Waals surface area contributed by atoms with E-state index in [-0.39, 0.29) is 42.4 Å². The van der Waals surface area contributed by atoms with Gasteiger partial charge in [-0.25, -0.2) is 4.98 Å². The summed E-state index contributed by atoms with van der Waals surface area (Å²) in [6.07, 6.45) is 9.32. The first-order valence-corrected chi connectivity index (χ1v) is 12.5. The van der Waals surface area contributed by atoms with Gasteiger partial charge in [0.1, 0.15) is 11.7 Å². The zero-order chi connectivity index (χ0) is 24.7. The number of hydrogen-bond acceptors (Lipinski definition) is 6. The van der Waals surface area contributed by atoms with Crippen LogP contribution in [0.2, 0.25) is 0 Å². The van der Waals surface area contributed by atoms with E-state index in [0.717, 1.165) is 25.2 Å². The Morgan fingerprint density at radius 3 is 2.76 bits per heavy atom. The fourth-order valence-electron chi connectivity index (χ4n) is 4.62. The van der Waals surface area contributed by atoms with Crippen LogP contribution in [0, 0.1) is 5.92 Å². The van der Waals surface area contributed by atoms with Crippen LogP contribution in [0.4, 0.5) is 0 Å². The van der Waals surface area contributed by atoms with Crippen molar-refractivity contribution in [3.05, 3.63) is 29.5 Å². The number of carbonyl (C=O) groups is 2. The number of fused-ring (bicyclic) bond motifs is 1. The summed E-state index contributed by atoms with van der Waals surface area (Å²) in [5.74, 6) is 0.114. The van der Waals surface area contributed by atoms with Gasteiger partial charge in [-0.3, -0.25) is 9.59 Å². The smallest absolute Gasteiger partial charge is 0.259 e. The molecule has 0 unspecified atom stereocenters. The van der Waals surface area contributed by atoms with E-state index in [1.165, 1.54) is 19.3 Å². The Morgan fingerprint density at radius 1 is 1.35 bits per heavy atom. The lowest BCUT2D eigenvalue weighted by Crippen LogP contribution is -2.50. The van der Waals surface area contributed by atoms with E-state index in [1.54, 1.807) is 22.1 Å². The topological polar surface area (TPSA) is 86.2 Å². The Balaban J connectivity index is 1.77. The van der Waals surface area contributed by atoms with Crippen molar-refractivity contribution in [1.29, 1.82) is 0 Å². The first-order chi connectivity index (χ1) is 16.3. The normalized spacial score (nSPS) is 22.6. The lowest BCUT2D eigenvalue weighted by atomic mass is 9.99. The monoisotopic (exact) mass is 472 g/mol. The summed E-state index contributed by atoms with van der Waals surface area (Å²) in [6, 6.07) is 1.44. The summed E-state index contributed by atoms with van der Waals surface area (Å²) in [7, 11) is 1.82. The molecule has 0 saturated carbocycles.